The number of benzene rings is 2. The summed E-state index contributed by atoms with van der Waals surface area (Å²) in [6.07, 6.45) is 1.20. The van der Waals surface area contributed by atoms with Crippen LogP contribution >= 0.6 is 23.1 Å². The zero-order chi connectivity index (χ0) is 19.2. The van der Waals surface area contributed by atoms with Crippen LogP contribution in [0, 0.1) is 0 Å². The summed E-state index contributed by atoms with van der Waals surface area (Å²) in [6.45, 7) is 0. The SMILES string of the molecule is COC(=O)c1ccc2c(c1)sc(=NC(=O)CCCSc1ccccc1)n2C. The van der Waals surface area contributed by atoms with Crippen LogP contribution in [0.15, 0.2) is 58.4 Å². The van der Waals surface area contributed by atoms with Crippen molar-refractivity contribution in [1.82, 2.24) is 4.57 Å². The van der Waals surface area contributed by atoms with Crippen molar-refractivity contribution in [2.24, 2.45) is 12.0 Å². The van der Waals surface area contributed by atoms with E-state index in [9.17, 15) is 9.59 Å². The molecule has 0 atom stereocenters. The van der Waals surface area contributed by atoms with Crippen LogP contribution in [0.4, 0.5) is 0 Å². The third kappa shape index (κ3) is 4.87. The first-order valence-corrected chi connectivity index (χ1v) is 10.3. The van der Waals surface area contributed by atoms with E-state index < -0.39 is 0 Å². The zero-order valence-corrected chi connectivity index (χ0v) is 16.8. The van der Waals surface area contributed by atoms with Gasteiger partial charge in [0, 0.05) is 18.4 Å². The van der Waals surface area contributed by atoms with Gasteiger partial charge in [0.15, 0.2) is 4.80 Å². The van der Waals surface area contributed by atoms with E-state index in [-0.39, 0.29) is 11.9 Å². The van der Waals surface area contributed by atoms with Gasteiger partial charge < -0.3 is 9.30 Å². The Kier molecular flexibility index (Phi) is 6.47. The number of nitrogens with zero attached hydrogens (tertiary/aromatic N) is 2. The van der Waals surface area contributed by atoms with Crippen LogP contribution in [0.2, 0.25) is 0 Å². The number of ether oxygens (including phenoxy) is 1. The zero-order valence-electron chi connectivity index (χ0n) is 15.2. The van der Waals surface area contributed by atoms with Crippen molar-refractivity contribution in [3.63, 3.8) is 0 Å². The second-order valence-corrected chi connectivity index (χ2v) is 8.07. The maximum Gasteiger partial charge on any atom is 0.337 e. The lowest BCUT2D eigenvalue weighted by Gasteiger charge is -2.00. The van der Waals surface area contributed by atoms with E-state index in [1.807, 2.05) is 35.9 Å². The summed E-state index contributed by atoms with van der Waals surface area (Å²) >= 11 is 3.13. The molecule has 1 aromatic heterocycles. The van der Waals surface area contributed by atoms with Crippen molar-refractivity contribution in [3.8, 4) is 0 Å². The standard InChI is InChI=1S/C20H20N2O3S2/c1-22-16-11-10-14(19(24)25-2)13-17(16)27-20(22)21-18(23)9-6-12-26-15-7-4-3-5-8-15/h3-5,7-8,10-11,13H,6,9,12H2,1-2H3. The first kappa shape index (κ1) is 19.4. The van der Waals surface area contributed by atoms with Crippen LogP contribution in [-0.2, 0) is 16.6 Å². The highest BCUT2D eigenvalue weighted by molar-refractivity contribution is 7.99. The van der Waals surface area contributed by atoms with Gasteiger partial charge in [-0.15, -0.1) is 11.8 Å². The molecule has 140 valence electrons. The Hall–Kier alpha value is -2.38. The summed E-state index contributed by atoms with van der Waals surface area (Å²) < 4.78 is 7.52. The molecule has 5 nitrogen and oxygen atoms in total. The number of amides is 1. The number of rotatable bonds is 6. The van der Waals surface area contributed by atoms with Gasteiger partial charge in [-0.2, -0.15) is 4.99 Å². The molecular weight excluding hydrogens is 380 g/mol. The van der Waals surface area contributed by atoms with Crippen LogP contribution in [0.25, 0.3) is 10.2 Å². The molecule has 0 radical (unpaired) electrons. The number of fused-ring (bicyclic) bond motifs is 1. The lowest BCUT2D eigenvalue weighted by molar-refractivity contribution is -0.118. The number of aryl methyl sites for hydroxylation is 1. The van der Waals surface area contributed by atoms with Crippen LogP contribution in [0.3, 0.4) is 0 Å². The first-order valence-electron chi connectivity index (χ1n) is 8.52. The number of hydrogen-bond acceptors (Lipinski definition) is 5. The average Bonchev–Trinajstić information content (AvgIpc) is 3.00. The van der Waals surface area contributed by atoms with Crippen molar-refractivity contribution in [3.05, 3.63) is 58.9 Å². The highest BCUT2D eigenvalue weighted by Crippen LogP contribution is 2.20. The van der Waals surface area contributed by atoms with E-state index in [2.05, 4.69) is 17.1 Å². The van der Waals surface area contributed by atoms with Gasteiger partial charge in [0.25, 0.3) is 0 Å². The summed E-state index contributed by atoms with van der Waals surface area (Å²) in [5.74, 6) is 0.379. The number of carbonyl (C=O) groups is 2. The fourth-order valence-corrected chi connectivity index (χ4v) is 4.53. The van der Waals surface area contributed by atoms with Gasteiger partial charge in [0.05, 0.1) is 22.9 Å². The van der Waals surface area contributed by atoms with Gasteiger partial charge in [-0.25, -0.2) is 4.79 Å². The summed E-state index contributed by atoms with van der Waals surface area (Å²) in [4.78, 5) is 30.0. The smallest absolute Gasteiger partial charge is 0.337 e. The maximum absolute atomic E-state index is 12.2. The molecule has 0 spiro atoms. The molecule has 2 aromatic carbocycles. The number of hydrogen-bond donors (Lipinski definition) is 0. The molecule has 3 aromatic rings. The number of methoxy groups -OCH3 is 1. The third-order valence-corrected chi connectivity index (χ3v) is 6.19. The highest BCUT2D eigenvalue weighted by atomic mass is 32.2. The molecule has 0 bridgehead atoms. The Morgan fingerprint density at radius 3 is 2.70 bits per heavy atom. The monoisotopic (exact) mass is 400 g/mol. The minimum Gasteiger partial charge on any atom is -0.465 e. The van der Waals surface area contributed by atoms with E-state index in [0.29, 0.717) is 16.8 Å². The molecule has 3 rings (SSSR count). The molecule has 0 N–H and O–H groups in total. The van der Waals surface area contributed by atoms with Crippen LogP contribution in [0.1, 0.15) is 23.2 Å². The van der Waals surface area contributed by atoms with Gasteiger partial charge in [-0.3, -0.25) is 4.79 Å². The van der Waals surface area contributed by atoms with Crippen LogP contribution in [0.5, 0.6) is 0 Å². The van der Waals surface area contributed by atoms with E-state index in [0.717, 1.165) is 22.4 Å². The molecule has 0 aliphatic rings. The molecule has 1 heterocycles. The van der Waals surface area contributed by atoms with E-state index in [1.54, 1.807) is 23.9 Å². The molecule has 7 heteroatoms. The van der Waals surface area contributed by atoms with Crippen molar-refractivity contribution < 1.29 is 14.3 Å². The predicted octanol–water partition coefficient (Wildman–Crippen LogP) is 4.03. The number of thiazole rings is 1. The van der Waals surface area contributed by atoms with Crippen LogP contribution < -0.4 is 4.80 Å². The number of esters is 1. The highest BCUT2D eigenvalue weighted by Gasteiger charge is 2.10. The quantitative estimate of drug-likeness (QED) is 0.356. The molecule has 0 fully saturated rings. The summed E-state index contributed by atoms with van der Waals surface area (Å²) in [6, 6.07) is 15.5. The number of thioether (sulfide) groups is 1. The molecule has 0 aliphatic carbocycles. The van der Waals surface area contributed by atoms with Gasteiger partial charge in [0.2, 0.25) is 5.91 Å². The number of aromatic nitrogens is 1. The van der Waals surface area contributed by atoms with Gasteiger partial charge in [0.1, 0.15) is 0 Å². The molecular formula is C20H20N2O3S2. The Morgan fingerprint density at radius 1 is 1.19 bits per heavy atom. The largest absolute Gasteiger partial charge is 0.465 e. The Labute approximate surface area is 165 Å². The van der Waals surface area contributed by atoms with Gasteiger partial charge >= 0.3 is 5.97 Å². The molecule has 0 aliphatic heterocycles. The molecule has 0 unspecified atom stereocenters. The lowest BCUT2D eigenvalue weighted by Crippen LogP contribution is -2.13. The van der Waals surface area contributed by atoms with Crippen molar-refractivity contribution in [2.45, 2.75) is 17.7 Å². The van der Waals surface area contributed by atoms with Gasteiger partial charge in [-0.1, -0.05) is 29.5 Å². The molecule has 0 saturated heterocycles. The van der Waals surface area contributed by atoms with Crippen molar-refractivity contribution >= 4 is 45.2 Å². The lowest BCUT2D eigenvalue weighted by atomic mass is 10.2. The Balaban J connectivity index is 1.66. The minimum absolute atomic E-state index is 0.126. The summed E-state index contributed by atoms with van der Waals surface area (Å²) in [5.41, 5.74) is 1.42. The fraction of sp³-hybridized carbons (Fsp3) is 0.250. The molecule has 1 amide bonds. The molecule has 0 saturated carbocycles. The minimum atomic E-state index is -0.376. The van der Waals surface area contributed by atoms with E-state index in [1.165, 1.54) is 23.3 Å². The first-order chi connectivity index (χ1) is 13.1. The molecule has 27 heavy (non-hydrogen) atoms. The van der Waals surface area contributed by atoms with Crippen molar-refractivity contribution in [2.75, 3.05) is 12.9 Å². The summed E-state index contributed by atoms with van der Waals surface area (Å²) in [7, 11) is 3.23. The van der Waals surface area contributed by atoms with E-state index >= 15 is 0 Å². The number of carbonyl (C=O) groups excluding carboxylic acids is 2. The fourth-order valence-electron chi connectivity index (χ4n) is 2.58. The second-order valence-electron chi connectivity index (χ2n) is 5.89. The normalized spacial score (nSPS) is 11.7. The van der Waals surface area contributed by atoms with Crippen LogP contribution in [-0.4, -0.2) is 29.3 Å². The predicted molar refractivity (Wildman–Crippen MR) is 109 cm³/mol. The third-order valence-electron chi connectivity index (χ3n) is 4.00. The van der Waals surface area contributed by atoms with E-state index in [4.69, 9.17) is 4.74 Å². The second kappa shape index (κ2) is 9.01. The van der Waals surface area contributed by atoms with Gasteiger partial charge in [-0.05, 0) is 42.5 Å². The average molecular weight is 401 g/mol. The Morgan fingerprint density at radius 2 is 1.96 bits per heavy atom. The Bertz CT molecular complexity index is 1020. The summed E-state index contributed by atoms with van der Waals surface area (Å²) in [5, 5.41) is 0. The topological polar surface area (TPSA) is 60.7 Å². The van der Waals surface area contributed by atoms with Crippen molar-refractivity contribution in [1.29, 1.82) is 0 Å². The maximum atomic E-state index is 12.2.